The van der Waals surface area contributed by atoms with E-state index in [2.05, 4.69) is 15.4 Å². The fourth-order valence-electron chi connectivity index (χ4n) is 2.49. The lowest BCUT2D eigenvalue weighted by Gasteiger charge is -2.09. The molecule has 156 valence electrons. The van der Waals surface area contributed by atoms with Gasteiger partial charge >= 0.3 is 6.18 Å². The Bertz CT molecular complexity index is 778. The molecule has 0 aliphatic rings. The molecule has 0 aromatic heterocycles. The van der Waals surface area contributed by atoms with Crippen LogP contribution in [0.3, 0.4) is 0 Å². The highest BCUT2D eigenvalue weighted by molar-refractivity contribution is 5.80. The van der Waals surface area contributed by atoms with Gasteiger partial charge in [0.05, 0.1) is 13.0 Å². The Labute approximate surface area is 167 Å². The molecule has 0 aliphatic carbocycles. The van der Waals surface area contributed by atoms with Gasteiger partial charge in [-0.25, -0.2) is 0 Å². The fourth-order valence-corrected chi connectivity index (χ4v) is 2.49. The zero-order valence-corrected chi connectivity index (χ0v) is 15.8. The molecule has 2 N–H and O–H groups in total. The highest BCUT2D eigenvalue weighted by atomic mass is 19.4. The monoisotopic (exact) mass is 408 g/mol. The van der Waals surface area contributed by atoms with Crippen molar-refractivity contribution >= 4 is 11.8 Å². The number of nitrogens with one attached hydrogen (secondary N) is 2. The van der Waals surface area contributed by atoms with E-state index in [1.807, 2.05) is 30.3 Å². The van der Waals surface area contributed by atoms with Crippen molar-refractivity contribution in [3.05, 3.63) is 71.3 Å². The Balaban J connectivity index is 1.61. The zero-order chi connectivity index (χ0) is 21.1. The average molecular weight is 408 g/mol. The summed E-state index contributed by atoms with van der Waals surface area (Å²) in [5, 5.41) is 5.44. The van der Waals surface area contributed by atoms with Crippen molar-refractivity contribution < 1.29 is 27.5 Å². The van der Waals surface area contributed by atoms with E-state index >= 15 is 0 Å². The first-order valence-electron chi connectivity index (χ1n) is 9.11. The number of halogens is 3. The molecule has 2 rings (SSSR count). The van der Waals surface area contributed by atoms with E-state index in [-0.39, 0.29) is 37.8 Å². The molecular weight excluding hydrogens is 385 g/mol. The van der Waals surface area contributed by atoms with Gasteiger partial charge in [0.1, 0.15) is 6.61 Å². The van der Waals surface area contributed by atoms with Crippen LogP contribution >= 0.6 is 0 Å². The minimum Gasteiger partial charge on any atom is -0.367 e. The van der Waals surface area contributed by atoms with Gasteiger partial charge in [-0.1, -0.05) is 54.6 Å². The number of carbonyl (C=O) groups excluding carboxylic acids is 2. The third kappa shape index (κ3) is 9.75. The van der Waals surface area contributed by atoms with Crippen LogP contribution in [0.1, 0.15) is 23.1 Å². The molecular formula is C21H23F3N2O3. The zero-order valence-electron chi connectivity index (χ0n) is 15.8. The first-order valence-corrected chi connectivity index (χ1v) is 9.11. The predicted octanol–water partition coefficient (Wildman–Crippen LogP) is 3.13. The average Bonchev–Trinajstić information content (AvgIpc) is 2.67. The maximum absolute atomic E-state index is 12.0. The van der Waals surface area contributed by atoms with Crippen LogP contribution in [0, 0.1) is 0 Å². The maximum atomic E-state index is 12.0. The second kappa shape index (κ2) is 11.2. The first kappa shape index (κ1) is 22.4. The molecule has 0 radical (unpaired) electrons. The smallest absolute Gasteiger partial charge is 0.367 e. The van der Waals surface area contributed by atoms with Crippen molar-refractivity contribution in [1.82, 2.24) is 10.6 Å². The lowest BCUT2D eigenvalue weighted by molar-refractivity contribution is -0.176. The van der Waals surface area contributed by atoms with Crippen molar-refractivity contribution in [3.8, 4) is 0 Å². The Hall–Kier alpha value is -2.87. The molecule has 5 nitrogen and oxygen atoms in total. The lowest BCUT2D eigenvalue weighted by atomic mass is 10.1. The summed E-state index contributed by atoms with van der Waals surface area (Å²) < 4.78 is 40.7. The van der Waals surface area contributed by atoms with Gasteiger partial charge in [-0.05, 0) is 16.7 Å². The minimum atomic E-state index is -4.34. The van der Waals surface area contributed by atoms with Gasteiger partial charge < -0.3 is 15.4 Å². The summed E-state index contributed by atoms with van der Waals surface area (Å²) in [6.07, 6.45) is -3.92. The molecule has 29 heavy (non-hydrogen) atoms. The Morgan fingerprint density at radius 1 is 0.828 bits per heavy atom. The molecule has 0 bridgehead atoms. The highest BCUT2D eigenvalue weighted by Crippen LogP contribution is 2.15. The molecule has 0 unspecified atom stereocenters. The third-order valence-corrected chi connectivity index (χ3v) is 3.93. The molecule has 2 amide bonds. The van der Waals surface area contributed by atoms with Crippen molar-refractivity contribution in [2.75, 3.05) is 13.2 Å². The van der Waals surface area contributed by atoms with E-state index in [1.54, 1.807) is 24.3 Å². The number of hydrogen-bond donors (Lipinski definition) is 2. The van der Waals surface area contributed by atoms with Crippen LogP contribution < -0.4 is 10.6 Å². The van der Waals surface area contributed by atoms with Gasteiger partial charge in [0.25, 0.3) is 0 Å². The standard InChI is InChI=1S/C21H23F3N2O3/c22-21(23,24)15-29-14-18-8-6-17(7-9-18)13-26-19(27)10-11-25-20(28)12-16-4-2-1-3-5-16/h1-9H,10-15H2,(H,25,28)(H,26,27). The van der Waals surface area contributed by atoms with Gasteiger partial charge in [0.15, 0.2) is 0 Å². The largest absolute Gasteiger partial charge is 0.411 e. The van der Waals surface area contributed by atoms with E-state index in [1.165, 1.54) is 0 Å². The molecule has 8 heteroatoms. The molecule has 2 aromatic rings. The summed E-state index contributed by atoms with van der Waals surface area (Å²) in [6.45, 7) is -0.880. The summed E-state index contributed by atoms with van der Waals surface area (Å²) in [5.41, 5.74) is 2.33. The Morgan fingerprint density at radius 2 is 1.48 bits per heavy atom. The topological polar surface area (TPSA) is 67.4 Å². The van der Waals surface area contributed by atoms with Gasteiger partial charge in [0, 0.05) is 19.5 Å². The van der Waals surface area contributed by atoms with E-state index in [0.29, 0.717) is 12.1 Å². The Kier molecular flexibility index (Phi) is 8.67. The van der Waals surface area contributed by atoms with Crippen molar-refractivity contribution in [3.63, 3.8) is 0 Å². The minimum absolute atomic E-state index is 0.130. The van der Waals surface area contributed by atoms with Crippen LogP contribution in [0.5, 0.6) is 0 Å². The van der Waals surface area contributed by atoms with Gasteiger partial charge in [-0.3, -0.25) is 9.59 Å². The number of ether oxygens (including phenoxy) is 1. The van der Waals surface area contributed by atoms with Crippen molar-refractivity contribution in [2.45, 2.75) is 32.2 Å². The number of benzene rings is 2. The van der Waals surface area contributed by atoms with E-state index < -0.39 is 12.8 Å². The molecule has 0 saturated carbocycles. The first-order chi connectivity index (χ1) is 13.8. The maximum Gasteiger partial charge on any atom is 0.411 e. The van der Waals surface area contributed by atoms with Gasteiger partial charge in [-0.2, -0.15) is 13.2 Å². The van der Waals surface area contributed by atoms with E-state index in [4.69, 9.17) is 0 Å². The van der Waals surface area contributed by atoms with Crippen LogP contribution in [-0.4, -0.2) is 31.1 Å². The van der Waals surface area contributed by atoms with E-state index in [9.17, 15) is 22.8 Å². The quantitative estimate of drug-likeness (QED) is 0.635. The van der Waals surface area contributed by atoms with Crippen LogP contribution in [-0.2, 0) is 33.9 Å². The molecule has 2 aromatic carbocycles. The molecule has 0 aliphatic heterocycles. The molecule has 0 saturated heterocycles. The molecule has 0 heterocycles. The third-order valence-electron chi connectivity index (χ3n) is 3.93. The lowest BCUT2D eigenvalue weighted by Crippen LogP contribution is -2.31. The van der Waals surface area contributed by atoms with Crippen LogP contribution in [0.4, 0.5) is 13.2 Å². The number of alkyl halides is 3. The summed E-state index contributed by atoms with van der Waals surface area (Å²) in [5.74, 6) is -0.352. The highest BCUT2D eigenvalue weighted by Gasteiger charge is 2.27. The van der Waals surface area contributed by atoms with Crippen LogP contribution in [0.15, 0.2) is 54.6 Å². The van der Waals surface area contributed by atoms with Crippen molar-refractivity contribution in [1.29, 1.82) is 0 Å². The number of amides is 2. The fraction of sp³-hybridized carbons (Fsp3) is 0.333. The Morgan fingerprint density at radius 3 is 2.14 bits per heavy atom. The second-order valence-electron chi connectivity index (χ2n) is 6.46. The van der Waals surface area contributed by atoms with Gasteiger partial charge in [-0.15, -0.1) is 0 Å². The number of rotatable bonds is 10. The van der Waals surface area contributed by atoms with Crippen LogP contribution in [0.25, 0.3) is 0 Å². The summed E-state index contributed by atoms with van der Waals surface area (Å²) in [4.78, 5) is 23.7. The molecule has 0 spiro atoms. The number of carbonyl (C=O) groups is 2. The number of hydrogen-bond acceptors (Lipinski definition) is 3. The van der Waals surface area contributed by atoms with Crippen LogP contribution in [0.2, 0.25) is 0 Å². The SMILES string of the molecule is O=C(CCNC(=O)Cc1ccccc1)NCc1ccc(COCC(F)(F)F)cc1. The summed E-state index contributed by atoms with van der Waals surface area (Å²) >= 11 is 0. The predicted molar refractivity (Wildman–Crippen MR) is 102 cm³/mol. The van der Waals surface area contributed by atoms with E-state index in [0.717, 1.165) is 11.1 Å². The van der Waals surface area contributed by atoms with Gasteiger partial charge in [0.2, 0.25) is 11.8 Å². The summed E-state index contributed by atoms with van der Waals surface area (Å²) in [6, 6.07) is 16.1. The second-order valence-corrected chi connectivity index (χ2v) is 6.46. The summed E-state index contributed by atoms with van der Waals surface area (Å²) in [7, 11) is 0. The normalized spacial score (nSPS) is 11.1. The molecule has 0 atom stereocenters. The molecule has 0 fully saturated rings. The van der Waals surface area contributed by atoms with Crippen molar-refractivity contribution in [2.24, 2.45) is 0 Å².